The van der Waals surface area contributed by atoms with Crippen LogP contribution in [0.25, 0.3) is 0 Å². The summed E-state index contributed by atoms with van der Waals surface area (Å²) >= 11 is 0. The van der Waals surface area contributed by atoms with Crippen LogP contribution in [0.3, 0.4) is 0 Å². The second-order valence-electron chi connectivity index (χ2n) is 2.33. The summed E-state index contributed by atoms with van der Waals surface area (Å²) in [5.41, 5.74) is 0. The van der Waals surface area contributed by atoms with Crippen molar-refractivity contribution in [1.29, 1.82) is 0 Å². The van der Waals surface area contributed by atoms with Crippen molar-refractivity contribution >= 4 is 40.4 Å². The van der Waals surface area contributed by atoms with Crippen molar-refractivity contribution in [3.63, 3.8) is 0 Å². The first kappa shape index (κ1) is 3.13. The van der Waals surface area contributed by atoms with E-state index in [1.807, 2.05) is 0 Å². The Bertz CT molecular complexity index is 45.1. The monoisotopic (exact) mass is 148 g/mol. The maximum Gasteiger partial charge on any atom is -0.00643 e. The molecule has 28 valence electrons. The molecule has 2 aliphatic rings. The average Bonchev–Trinajstić information content (AvgIpc) is 1.74. The van der Waals surface area contributed by atoms with Crippen molar-refractivity contribution < 1.29 is 0 Å². The number of rotatable bonds is 0. The third-order valence-electron chi connectivity index (χ3n) is 1.98. The average molecular weight is 148 g/mol. The third-order valence-corrected chi connectivity index (χ3v) is 147. The van der Waals surface area contributed by atoms with Crippen LogP contribution < -0.4 is 0 Å². The van der Waals surface area contributed by atoms with Crippen LogP contribution in [-0.4, -0.2) is 40.4 Å². The van der Waals surface area contributed by atoms with E-state index in [0.717, 1.165) is 25.7 Å². The molecule has 0 nitrogen and oxygen atoms in total. The highest BCUT2D eigenvalue weighted by molar-refractivity contribution is 8.24. The van der Waals surface area contributed by atoms with Crippen LogP contribution in [0, 0.1) is 0 Å². The molecule has 2 fully saturated rings. The van der Waals surface area contributed by atoms with Gasteiger partial charge in [0, 0.05) is 0 Å². The van der Waals surface area contributed by atoms with E-state index in [0.29, 0.717) is 14.7 Å². The Morgan fingerprint density at radius 2 is 1.60 bits per heavy atom. The van der Waals surface area contributed by atoms with Crippen LogP contribution in [0.1, 0.15) is 0 Å². The summed E-state index contributed by atoms with van der Waals surface area (Å²) in [6.07, 6.45) is 0. The Morgan fingerprint density at radius 1 is 1.00 bits per heavy atom. The molecule has 0 aromatic carbocycles. The van der Waals surface area contributed by atoms with Crippen LogP contribution in [0.2, 0.25) is 0 Å². The van der Waals surface area contributed by atoms with Crippen LogP contribution in [0.15, 0.2) is 0 Å². The first-order valence-electron chi connectivity index (χ1n) is 2.47. The summed E-state index contributed by atoms with van der Waals surface area (Å²) in [4.78, 5) is 0. The van der Waals surface area contributed by atoms with Crippen molar-refractivity contribution in [3.8, 4) is 0 Å². The Kier molecular flexibility index (Phi) is 0.523. The summed E-state index contributed by atoms with van der Waals surface area (Å²) in [5.74, 6) is 0. The molecule has 5 heavy (non-hydrogen) atoms. The van der Waals surface area contributed by atoms with E-state index in [9.17, 15) is 0 Å². The Morgan fingerprint density at radius 3 is 1.60 bits per heavy atom. The lowest BCUT2D eigenvalue weighted by atomic mass is 26.1. The molecule has 0 aliphatic carbocycles. The van der Waals surface area contributed by atoms with Gasteiger partial charge in [-0.25, -0.2) is 0 Å². The number of fused-ring (bicyclic) bond motifs is 1. The minimum atomic E-state index is 0.676. The summed E-state index contributed by atoms with van der Waals surface area (Å²) in [5, 5.41) is 0. The van der Waals surface area contributed by atoms with Gasteiger partial charge < -0.3 is 0 Å². The van der Waals surface area contributed by atoms with Crippen molar-refractivity contribution in [2.45, 2.75) is 0 Å². The van der Waals surface area contributed by atoms with Gasteiger partial charge in [0.1, 0.15) is 0 Å². The Balaban J connectivity index is 2.19. The highest BCUT2D eigenvalue weighted by Gasteiger charge is 2.48. The second kappa shape index (κ2) is 0.834. The molecule has 2 aliphatic heterocycles. The van der Waals surface area contributed by atoms with E-state index < -0.39 is 0 Å². The van der Waals surface area contributed by atoms with E-state index in [1.165, 1.54) is 0 Å². The van der Waals surface area contributed by atoms with Gasteiger partial charge >= 0.3 is 0 Å². The zero-order valence-corrected chi connectivity index (χ0v) is 9.83. The van der Waals surface area contributed by atoms with Crippen LogP contribution in [-0.2, 0) is 0 Å². The standard InChI is InChI=1S/H8Si5/c1-2-5-3-4(1)5/h4-5H,1-3H2. The molecule has 0 radical (unpaired) electrons. The molecule has 0 N–H and O–H groups in total. The smallest absolute Gasteiger partial charge is 0.00643 e. The van der Waals surface area contributed by atoms with Crippen LogP contribution >= 0.6 is 0 Å². The van der Waals surface area contributed by atoms with Gasteiger partial charge in [0.05, 0.1) is 0 Å². The lowest BCUT2D eigenvalue weighted by Crippen LogP contribution is -2.38. The lowest BCUT2D eigenvalue weighted by molar-refractivity contribution is 3.75. The SMILES string of the molecule is [SiH2]1[SiH2][SiH]2[SiH2][SiH]12. The van der Waals surface area contributed by atoms with Gasteiger partial charge in [-0.2, -0.15) is 0 Å². The quantitative estimate of drug-likeness (QED) is 0.307. The zero-order chi connectivity index (χ0) is 3.28. The fraction of sp³-hybridized carbons (Fsp3) is 0. The molecule has 2 heterocycles. The topological polar surface area (TPSA) is 0 Å². The maximum atomic E-state index is 1.03. The molecule has 2 unspecified atom stereocenters. The van der Waals surface area contributed by atoms with Gasteiger partial charge in [-0.15, -0.1) is 0 Å². The molecule has 2 rings (SSSR count). The molecule has 2 saturated heterocycles. The first-order chi connectivity index (χ1) is 2.47. The third kappa shape index (κ3) is 0.331. The first-order valence-corrected chi connectivity index (χ1v) is 22.2. The maximum absolute atomic E-state index is 1.03. The van der Waals surface area contributed by atoms with Crippen molar-refractivity contribution in [2.24, 2.45) is 0 Å². The molecule has 0 amide bonds. The number of hydrogen-bond acceptors (Lipinski definition) is 0. The minimum absolute atomic E-state index is 0.676. The molecule has 2 atom stereocenters. The predicted octanol–water partition coefficient (Wildman–Crippen LogP) is -4.05. The molecular formula is H8Si5. The highest BCUT2D eigenvalue weighted by atomic mass is 30.6. The number of hydrogen-bond donors (Lipinski definition) is 0. The summed E-state index contributed by atoms with van der Waals surface area (Å²) < 4.78 is 0. The van der Waals surface area contributed by atoms with Crippen molar-refractivity contribution in [1.82, 2.24) is 0 Å². The van der Waals surface area contributed by atoms with E-state index in [-0.39, 0.29) is 0 Å². The van der Waals surface area contributed by atoms with E-state index in [1.54, 1.807) is 0 Å². The van der Waals surface area contributed by atoms with Gasteiger partial charge in [-0.3, -0.25) is 0 Å². The van der Waals surface area contributed by atoms with Crippen molar-refractivity contribution in [3.05, 3.63) is 0 Å². The minimum Gasteiger partial charge on any atom is -0.00875 e. The van der Waals surface area contributed by atoms with E-state index in [4.69, 9.17) is 0 Å². The summed E-state index contributed by atoms with van der Waals surface area (Å²) in [6.45, 7) is 0. The largest absolute Gasteiger partial charge is 0.00875 e. The van der Waals surface area contributed by atoms with Crippen molar-refractivity contribution in [2.75, 3.05) is 0 Å². The van der Waals surface area contributed by atoms with Crippen LogP contribution in [0.4, 0.5) is 0 Å². The molecule has 0 saturated carbocycles. The van der Waals surface area contributed by atoms with E-state index >= 15 is 0 Å². The van der Waals surface area contributed by atoms with E-state index in [2.05, 4.69) is 0 Å². The second-order valence-corrected chi connectivity index (χ2v) is 63.0. The summed E-state index contributed by atoms with van der Waals surface area (Å²) in [6, 6.07) is 0. The van der Waals surface area contributed by atoms with Gasteiger partial charge in [-0.1, -0.05) is 0 Å². The fourth-order valence-corrected chi connectivity index (χ4v) is 261. The van der Waals surface area contributed by atoms with Gasteiger partial charge in [0.25, 0.3) is 0 Å². The van der Waals surface area contributed by atoms with Crippen LogP contribution in [0.5, 0.6) is 0 Å². The predicted molar refractivity (Wildman–Crippen MR) is 39.9 cm³/mol. The Labute approximate surface area is 40.8 Å². The molecular weight excluding hydrogens is 140 g/mol. The molecule has 5 heteroatoms. The van der Waals surface area contributed by atoms with Gasteiger partial charge in [0.15, 0.2) is 0 Å². The van der Waals surface area contributed by atoms with Gasteiger partial charge in [0.2, 0.25) is 0 Å². The lowest BCUT2D eigenvalue weighted by Gasteiger charge is -2.01. The van der Waals surface area contributed by atoms with Gasteiger partial charge in [-0.05, 0) is 40.4 Å². The molecule has 0 spiro atoms. The molecule has 0 aromatic heterocycles. The Hall–Kier alpha value is 1.08. The molecule has 0 bridgehead atoms. The summed E-state index contributed by atoms with van der Waals surface area (Å²) in [7, 11) is 4.39. The zero-order valence-electron chi connectivity index (χ0n) is 3.28. The normalized spacial score (nSPS) is 72.0. The fourth-order valence-electron chi connectivity index (χ4n) is 1.18. The highest BCUT2D eigenvalue weighted by Crippen LogP contribution is 2.10. The molecule has 0 aromatic rings.